The standard InChI is InChI=1S/C25H21ClN4O2S/c1-2-14-9-22-18(11-20(14)26)15(10-23(31)32-22)13-33-25-29-28-24(30(25)16-7-8-16)19-12-27-21-6-4-3-5-17(19)21/h3-6,9-12,16,27H,2,7-8,13H2,1H3. The Balaban J connectivity index is 1.38. The Morgan fingerprint density at radius 1 is 1.15 bits per heavy atom. The molecule has 3 heterocycles. The maximum atomic E-state index is 12.2. The van der Waals surface area contributed by atoms with Crippen LogP contribution in [0.15, 0.2) is 63.0 Å². The predicted octanol–water partition coefficient (Wildman–Crippen LogP) is 6.38. The van der Waals surface area contributed by atoms with Gasteiger partial charge in [-0.1, -0.05) is 48.5 Å². The average Bonchev–Trinajstić information content (AvgIpc) is 3.43. The summed E-state index contributed by atoms with van der Waals surface area (Å²) in [7, 11) is 0. The number of H-pyrrole nitrogens is 1. The van der Waals surface area contributed by atoms with Crippen LogP contribution in [0.2, 0.25) is 5.02 Å². The summed E-state index contributed by atoms with van der Waals surface area (Å²) in [5, 5.41) is 12.6. The minimum absolute atomic E-state index is 0.356. The van der Waals surface area contributed by atoms with Gasteiger partial charge in [0, 0.05) is 50.9 Å². The average molecular weight is 477 g/mol. The summed E-state index contributed by atoms with van der Waals surface area (Å²) in [4.78, 5) is 15.6. The summed E-state index contributed by atoms with van der Waals surface area (Å²) in [5.74, 6) is 1.45. The normalized spacial score (nSPS) is 13.9. The number of aromatic amines is 1. The first-order valence-electron chi connectivity index (χ1n) is 11.0. The molecule has 0 aliphatic heterocycles. The van der Waals surface area contributed by atoms with Crippen LogP contribution < -0.4 is 5.63 Å². The maximum Gasteiger partial charge on any atom is 0.336 e. The SMILES string of the molecule is CCc1cc2oc(=O)cc(CSc3nnc(-c4c[nH]c5ccccc45)n3C3CC3)c2cc1Cl. The molecule has 6 nitrogen and oxygen atoms in total. The van der Waals surface area contributed by atoms with Crippen molar-refractivity contribution in [3.63, 3.8) is 0 Å². The molecule has 0 bridgehead atoms. The summed E-state index contributed by atoms with van der Waals surface area (Å²) in [5.41, 5.74) is 4.20. The number of nitrogens with one attached hydrogen (secondary N) is 1. The highest BCUT2D eigenvalue weighted by molar-refractivity contribution is 7.98. The van der Waals surface area contributed by atoms with Gasteiger partial charge in [-0.3, -0.25) is 4.57 Å². The number of hydrogen-bond donors (Lipinski definition) is 1. The molecule has 1 aliphatic rings. The summed E-state index contributed by atoms with van der Waals surface area (Å²) < 4.78 is 7.70. The highest BCUT2D eigenvalue weighted by atomic mass is 35.5. The summed E-state index contributed by atoms with van der Waals surface area (Å²) in [6.45, 7) is 2.03. The van der Waals surface area contributed by atoms with E-state index in [1.54, 1.807) is 17.8 Å². The van der Waals surface area contributed by atoms with Gasteiger partial charge in [-0.25, -0.2) is 4.79 Å². The third-order valence-corrected chi connectivity index (χ3v) is 7.49. The van der Waals surface area contributed by atoms with Crippen LogP contribution in [0.25, 0.3) is 33.3 Å². The molecule has 0 atom stereocenters. The highest BCUT2D eigenvalue weighted by Crippen LogP contribution is 2.43. The number of hydrogen-bond acceptors (Lipinski definition) is 5. The lowest BCUT2D eigenvalue weighted by molar-refractivity contribution is 0.559. The largest absolute Gasteiger partial charge is 0.423 e. The van der Waals surface area contributed by atoms with E-state index in [-0.39, 0.29) is 5.63 Å². The van der Waals surface area contributed by atoms with E-state index in [2.05, 4.69) is 31.9 Å². The van der Waals surface area contributed by atoms with E-state index >= 15 is 0 Å². The fourth-order valence-corrected chi connectivity index (χ4v) is 5.59. The van der Waals surface area contributed by atoms with Crippen LogP contribution in [0.4, 0.5) is 0 Å². The fraction of sp³-hybridized carbons (Fsp3) is 0.240. The van der Waals surface area contributed by atoms with Crippen molar-refractivity contribution in [1.29, 1.82) is 0 Å². The van der Waals surface area contributed by atoms with Crippen molar-refractivity contribution >= 4 is 45.2 Å². The van der Waals surface area contributed by atoms with Crippen molar-refractivity contribution < 1.29 is 4.42 Å². The Morgan fingerprint density at radius 2 is 2.00 bits per heavy atom. The molecule has 0 saturated heterocycles. The van der Waals surface area contributed by atoms with Gasteiger partial charge in [0.15, 0.2) is 11.0 Å². The Morgan fingerprint density at radius 3 is 2.82 bits per heavy atom. The molecule has 3 aromatic heterocycles. The van der Waals surface area contributed by atoms with Crippen molar-refractivity contribution in [3.8, 4) is 11.4 Å². The molecule has 0 radical (unpaired) electrons. The first kappa shape index (κ1) is 20.6. The van der Waals surface area contributed by atoms with Gasteiger partial charge in [0.25, 0.3) is 0 Å². The van der Waals surface area contributed by atoms with Crippen LogP contribution in [-0.4, -0.2) is 19.7 Å². The number of aryl methyl sites for hydroxylation is 1. The molecular formula is C25H21ClN4O2S. The van der Waals surface area contributed by atoms with E-state index in [1.807, 2.05) is 37.4 Å². The molecule has 166 valence electrons. The molecule has 1 aliphatic carbocycles. The third-order valence-electron chi connectivity index (χ3n) is 6.14. The second-order valence-corrected chi connectivity index (χ2v) is 9.68. The van der Waals surface area contributed by atoms with Gasteiger partial charge in [-0.15, -0.1) is 10.2 Å². The fourth-order valence-electron chi connectivity index (χ4n) is 4.30. The lowest BCUT2D eigenvalue weighted by Gasteiger charge is -2.10. The lowest BCUT2D eigenvalue weighted by Crippen LogP contribution is -2.02. The van der Waals surface area contributed by atoms with E-state index < -0.39 is 0 Å². The highest BCUT2D eigenvalue weighted by Gasteiger charge is 2.31. The first-order valence-corrected chi connectivity index (χ1v) is 12.4. The maximum absolute atomic E-state index is 12.2. The molecule has 0 amide bonds. The van der Waals surface area contributed by atoms with Gasteiger partial charge in [0.1, 0.15) is 5.58 Å². The number of fused-ring (bicyclic) bond motifs is 2. The van der Waals surface area contributed by atoms with E-state index in [9.17, 15) is 4.79 Å². The number of halogens is 1. The zero-order valence-corrected chi connectivity index (χ0v) is 19.5. The molecule has 8 heteroatoms. The van der Waals surface area contributed by atoms with Gasteiger partial charge < -0.3 is 9.40 Å². The quantitative estimate of drug-likeness (QED) is 0.227. The molecule has 6 rings (SSSR count). The monoisotopic (exact) mass is 476 g/mol. The Kier molecular flexibility index (Phi) is 5.03. The molecule has 1 N–H and O–H groups in total. The number of rotatable bonds is 6. The molecule has 1 saturated carbocycles. The first-order chi connectivity index (χ1) is 16.1. The molecule has 0 spiro atoms. The lowest BCUT2D eigenvalue weighted by atomic mass is 10.1. The van der Waals surface area contributed by atoms with Crippen LogP contribution >= 0.6 is 23.4 Å². The van der Waals surface area contributed by atoms with E-state index in [0.717, 1.165) is 63.2 Å². The van der Waals surface area contributed by atoms with Crippen LogP contribution in [0.5, 0.6) is 0 Å². The Bertz CT molecular complexity index is 1560. The minimum Gasteiger partial charge on any atom is -0.423 e. The predicted molar refractivity (Wildman–Crippen MR) is 132 cm³/mol. The summed E-state index contributed by atoms with van der Waals surface area (Å²) in [6.07, 6.45) is 5.02. The molecule has 2 aromatic carbocycles. The number of benzene rings is 2. The van der Waals surface area contributed by atoms with Gasteiger partial charge in [-0.2, -0.15) is 0 Å². The van der Waals surface area contributed by atoms with Crippen molar-refractivity contribution in [3.05, 3.63) is 75.2 Å². The zero-order chi connectivity index (χ0) is 22.5. The molecule has 1 fully saturated rings. The smallest absolute Gasteiger partial charge is 0.336 e. The number of aromatic nitrogens is 4. The van der Waals surface area contributed by atoms with Gasteiger partial charge >= 0.3 is 5.63 Å². The van der Waals surface area contributed by atoms with E-state index in [0.29, 0.717) is 22.4 Å². The van der Waals surface area contributed by atoms with Crippen LogP contribution in [0.1, 0.15) is 36.9 Å². The zero-order valence-electron chi connectivity index (χ0n) is 18.0. The Hall–Kier alpha value is -3.03. The Labute approximate surface area is 199 Å². The van der Waals surface area contributed by atoms with Crippen LogP contribution in [0, 0.1) is 0 Å². The second kappa shape index (κ2) is 8.08. The number of nitrogens with zero attached hydrogens (tertiary/aromatic N) is 3. The topological polar surface area (TPSA) is 76.7 Å². The van der Waals surface area contributed by atoms with E-state index in [1.165, 1.54) is 0 Å². The molecular weight excluding hydrogens is 456 g/mol. The van der Waals surface area contributed by atoms with Gasteiger partial charge in [-0.05, 0) is 48.6 Å². The molecule has 0 unspecified atom stereocenters. The molecule has 33 heavy (non-hydrogen) atoms. The third kappa shape index (κ3) is 3.65. The number of thioether (sulfide) groups is 1. The van der Waals surface area contributed by atoms with Crippen molar-refractivity contribution in [2.45, 2.75) is 43.1 Å². The number of para-hydroxylation sites is 1. The van der Waals surface area contributed by atoms with Crippen molar-refractivity contribution in [2.75, 3.05) is 0 Å². The van der Waals surface area contributed by atoms with Crippen molar-refractivity contribution in [1.82, 2.24) is 19.7 Å². The molecule has 5 aromatic rings. The van der Waals surface area contributed by atoms with Crippen LogP contribution in [-0.2, 0) is 12.2 Å². The van der Waals surface area contributed by atoms with Gasteiger partial charge in [0.05, 0.1) is 0 Å². The second-order valence-electron chi connectivity index (χ2n) is 8.33. The van der Waals surface area contributed by atoms with E-state index in [4.69, 9.17) is 16.0 Å². The van der Waals surface area contributed by atoms with Gasteiger partial charge in [0.2, 0.25) is 0 Å². The summed E-state index contributed by atoms with van der Waals surface area (Å²) in [6, 6.07) is 13.9. The minimum atomic E-state index is -0.356. The summed E-state index contributed by atoms with van der Waals surface area (Å²) >= 11 is 8.05. The van der Waals surface area contributed by atoms with Crippen LogP contribution in [0.3, 0.4) is 0 Å². The van der Waals surface area contributed by atoms with Crippen molar-refractivity contribution in [2.24, 2.45) is 0 Å².